The molecule has 0 saturated carbocycles. The zero-order chi connectivity index (χ0) is 12.9. The number of hydrogen-bond acceptors (Lipinski definition) is 0. The molecule has 2 aromatic carbocycles. The second-order valence-electron chi connectivity index (χ2n) is 4.55. The van der Waals surface area contributed by atoms with E-state index in [1.54, 1.807) is 0 Å². The molecule has 0 fully saturated rings. The maximum Gasteiger partial charge on any atom is 0.558 e. The number of rotatable bonds is 3. The Morgan fingerprint density at radius 1 is 0.526 bits per heavy atom. The molecule has 0 radical (unpaired) electrons. The molecule has 0 amide bonds. The largest absolute Gasteiger partial charge is 0.558 e. The van der Waals surface area contributed by atoms with Gasteiger partial charge >= 0.3 is 6.85 Å². The summed E-state index contributed by atoms with van der Waals surface area (Å²) in [6, 6.07) is 27.4. The highest BCUT2D eigenvalue weighted by atomic mass is 14.8. The number of hydrogen-bond donors (Lipinski definition) is 0. The van der Waals surface area contributed by atoms with Crippen LogP contribution in [0.25, 0.3) is 0 Å². The molecule has 0 aliphatic heterocycles. The maximum absolute atomic E-state index is 2.24. The summed E-state index contributed by atoms with van der Waals surface area (Å²) in [6.45, 7) is 0.226. The van der Waals surface area contributed by atoms with Crippen molar-refractivity contribution in [3.05, 3.63) is 91.3 Å². The molecule has 90 valence electrons. The predicted molar refractivity (Wildman–Crippen MR) is 79.9 cm³/mol. The summed E-state index contributed by atoms with van der Waals surface area (Å²) < 4.78 is 2.24. The van der Waals surface area contributed by atoms with Gasteiger partial charge in [0, 0.05) is 10.9 Å². The van der Waals surface area contributed by atoms with Crippen LogP contribution in [0.5, 0.6) is 0 Å². The number of benzene rings is 2. The summed E-state index contributed by atoms with van der Waals surface area (Å²) in [7, 11) is 0. The summed E-state index contributed by atoms with van der Waals surface area (Å²) in [6.07, 6.45) is 4.23. The van der Waals surface area contributed by atoms with E-state index in [4.69, 9.17) is 0 Å². The van der Waals surface area contributed by atoms with Crippen LogP contribution in [0.3, 0.4) is 0 Å². The normalized spacial score (nSPS) is 10.1. The Balaban J connectivity index is 2.12. The van der Waals surface area contributed by atoms with Crippen LogP contribution in [0.1, 0.15) is 0 Å². The molecule has 0 saturated heterocycles. The third-order valence-corrected chi connectivity index (χ3v) is 3.27. The van der Waals surface area contributed by atoms with Gasteiger partial charge < -0.3 is 0 Å². The molecule has 0 N–H and O–H groups in total. The number of pyridine rings is 1. The van der Waals surface area contributed by atoms with Gasteiger partial charge in [-0.3, -0.25) is 4.48 Å². The van der Waals surface area contributed by atoms with Gasteiger partial charge in [0.25, 0.3) is 0 Å². The van der Waals surface area contributed by atoms with Crippen LogP contribution < -0.4 is 15.4 Å². The van der Waals surface area contributed by atoms with Gasteiger partial charge in [0.2, 0.25) is 0 Å². The van der Waals surface area contributed by atoms with E-state index in [1.807, 2.05) is 6.07 Å². The quantitative estimate of drug-likeness (QED) is 0.616. The minimum absolute atomic E-state index is 0.226. The summed E-state index contributed by atoms with van der Waals surface area (Å²) in [5, 5.41) is 0. The van der Waals surface area contributed by atoms with Gasteiger partial charge in [-0.2, -0.15) is 0 Å². The van der Waals surface area contributed by atoms with Crippen LogP contribution in [-0.2, 0) is 0 Å². The third-order valence-electron chi connectivity index (χ3n) is 3.27. The van der Waals surface area contributed by atoms with Gasteiger partial charge in [-0.15, -0.1) is 0 Å². The molecule has 1 aromatic heterocycles. The van der Waals surface area contributed by atoms with Gasteiger partial charge in [-0.05, 0) is 12.1 Å². The monoisotopic (exact) mass is 244 g/mol. The molecule has 0 spiro atoms. The maximum atomic E-state index is 2.24. The molecule has 0 aliphatic rings. The average molecular weight is 244 g/mol. The molecule has 3 aromatic rings. The lowest BCUT2D eigenvalue weighted by Gasteiger charge is -2.07. The van der Waals surface area contributed by atoms with Crippen molar-refractivity contribution in [2.24, 2.45) is 0 Å². The topological polar surface area (TPSA) is 3.88 Å². The fourth-order valence-corrected chi connectivity index (χ4v) is 2.39. The fourth-order valence-electron chi connectivity index (χ4n) is 2.39. The number of aromatic nitrogens is 1. The fraction of sp³-hybridized carbons (Fsp3) is 0. The SMILES string of the molecule is c1ccc(B(c2ccccc2)[n+]2ccccc2)cc1. The van der Waals surface area contributed by atoms with E-state index in [0.717, 1.165) is 0 Å². The Bertz CT molecular complexity index is 529. The van der Waals surface area contributed by atoms with Crippen molar-refractivity contribution < 1.29 is 4.48 Å². The first-order chi connectivity index (χ1) is 9.45. The second-order valence-corrected chi connectivity index (χ2v) is 4.55. The van der Waals surface area contributed by atoms with Gasteiger partial charge in [0.15, 0.2) is 0 Å². The zero-order valence-corrected chi connectivity index (χ0v) is 10.7. The highest BCUT2D eigenvalue weighted by molar-refractivity contribution is 6.78. The molecule has 3 rings (SSSR count). The van der Waals surface area contributed by atoms with Crippen molar-refractivity contribution in [1.82, 2.24) is 0 Å². The Morgan fingerprint density at radius 3 is 1.42 bits per heavy atom. The van der Waals surface area contributed by atoms with E-state index in [1.165, 1.54) is 10.9 Å². The summed E-state index contributed by atoms with van der Waals surface area (Å²) in [4.78, 5) is 0. The van der Waals surface area contributed by atoms with Crippen LogP contribution in [0.4, 0.5) is 0 Å². The molecule has 2 heteroatoms. The van der Waals surface area contributed by atoms with E-state index in [2.05, 4.69) is 89.7 Å². The summed E-state index contributed by atoms with van der Waals surface area (Å²) >= 11 is 0. The van der Waals surface area contributed by atoms with Crippen LogP contribution in [0, 0.1) is 0 Å². The Labute approximate surface area is 114 Å². The van der Waals surface area contributed by atoms with Crippen LogP contribution >= 0.6 is 0 Å². The Morgan fingerprint density at radius 2 is 0.947 bits per heavy atom. The molecule has 0 unspecified atom stereocenters. The molecule has 1 nitrogen and oxygen atoms in total. The highest BCUT2D eigenvalue weighted by Crippen LogP contribution is 1.91. The second kappa shape index (κ2) is 5.53. The molecular weight excluding hydrogens is 229 g/mol. The lowest BCUT2D eigenvalue weighted by molar-refractivity contribution is -0.533. The van der Waals surface area contributed by atoms with E-state index in [9.17, 15) is 0 Å². The van der Waals surface area contributed by atoms with E-state index >= 15 is 0 Å². The van der Waals surface area contributed by atoms with Crippen molar-refractivity contribution >= 4 is 17.8 Å². The van der Waals surface area contributed by atoms with E-state index in [-0.39, 0.29) is 6.85 Å². The first kappa shape index (κ1) is 11.7. The Hall–Kier alpha value is -2.35. The van der Waals surface area contributed by atoms with Crippen molar-refractivity contribution in [3.63, 3.8) is 0 Å². The predicted octanol–water partition coefficient (Wildman–Crippen LogP) is 1.63. The zero-order valence-electron chi connectivity index (χ0n) is 10.7. The van der Waals surface area contributed by atoms with Gasteiger partial charge in [-0.1, -0.05) is 66.7 Å². The lowest BCUT2D eigenvalue weighted by Crippen LogP contribution is -2.65. The van der Waals surface area contributed by atoms with Crippen LogP contribution in [-0.4, -0.2) is 6.85 Å². The minimum atomic E-state index is 0.226. The van der Waals surface area contributed by atoms with Crippen molar-refractivity contribution in [2.75, 3.05) is 0 Å². The standard InChI is InChI=1S/C17H15BN/c1-4-10-16(11-5-1)18(17-12-6-2-7-13-17)19-14-8-3-9-15-19/h1-15H/q+1. The van der Waals surface area contributed by atoms with Crippen LogP contribution in [0.15, 0.2) is 91.3 Å². The van der Waals surface area contributed by atoms with Crippen LogP contribution in [0.2, 0.25) is 0 Å². The molecular formula is C17H15BN+. The van der Waals surface area contributed by atoms with Gasteiger partial charge in [0.1, 0.15) is 12.4 Å². The molecule has 19 heavy (non-hydrogen) atoms. The lowest BCUT2D eigenvalue weighted by atomic mass is 9.50. The van der Waals surface area contributed by atoms with E-state index in [0.29, 0.717) is 0 Å². The Kier molecular flexibility index (Phi) is 3.41. The van der Waals surface area contributed by atoms with Crippen molar-refractivity contribution in [3.8, 4) is 0 Å². The third kappa shape index (κ3) is 2.58. The first-order valence-electron chi connectivity index (χ1n) is 6.51. The highest BCUT2D eigenvalue weighted by Gasteiger charge is 2.32. The van der Waals surface area contributed by atoms with Gasteiger partial charge in [-0.25, -0.2) is 0 Å². The average Bonchev–Trinajstić information content (AvgIpc) is 2.51. The first-order valence-corrected chi connectivity index (χ1v) is 6.51. The van der Waals surface area contributed by atoms with E-state index < -0.39 is 0 Å². The van der Waals surface area contributed by atoms with Crippen molar-refractivity contribution in [1.29, 1.82) is 0 Å². The van der Waals surface area contributed by atoms with Gasteiger partial charge in [0.05, 0.1) is 0 Å². The molecule has 0 bridgehead atoms. The minimum Gasteiger partial charge on any atom is -0.282 e. The summed E-state index contributed by atoms with van der Waals surface area (Å²) in [5.41, 5.74) is 2.59. The van der Waals surface area contributed by atoms with Crippen molar-refractivity contribution in [2.45, 2.75) is 0 Å². The number of nitrogens with zero attached hydrogens (tertiary/aromatic N) is 1. The summed E-state index contributed by atoms with van der Waals surface area (Å²) in [5.74, 6) is 0. The smallest absolute Gasteiger partial charge is 0.282 e. The molecule has 1 heterocycles. The molecule has 0 aliphatic carbocycles. The molecule has 0 atom stereocenters.